The molecule has 0 bridgehead atoms. The van der Waals surface area contributed by atoms with Crippen molar-refractivity contribution in [2.45, 2.75) is 45.2 Å². The molecule has 1 atom stereocenters. The van der Waals surface area contributed by atoms with Crippen LogP contribution in [0.2, 0.25) is 0 Å². The molecule has 0 aromatic rings. The number of nitrogens with one attached hydrogen (secondary N) is 1. The average Bonchev–Trinajstić information content (AvgIpc) is 2.02. The molecular formula is C10H22N2OS. The minimum absolute atomic E-state index is 0.274. The topological polar surface area (TPSA) is 38.3 Å². The molecule has 0 radical (unpaired) electrons. The van der Waals surface area contributed by atoms with Crippen LogP contribution in [0.4, 0.5) is 0 Å². The summed E-state index contributed by atoms with van der Waals surface area (Å²) in [5.74, 6) is 0. The molecule has 1 N–H and O–H groups in total. The maximum absolute atomic E-state index is 11.0. The molecule has 1 aliphatic heterocycles. The van der Waals surface area contributed by atoms with Crippen molar-refractivity contribution >= 4 is 11.4 Å². The number of piperidine rings is 1. The average molecular weight is 218 g/mol. The first-order valence-electron chi connectivity index (χ1n) is 5.24. The molecule has 1 unspecified atom stereocenters. The minimum atomic E-state index is -0.864. The van der Waals surface area contributed by atoms with E-state index >= 15 is 0 Å². The molecule has 0 saturated carbocycles. The van der Waals surface area contributed by atoms with Crippen LogP contribution < -0.4 is 4.72 Å². The summed E-state index contributed by atoms with van der Waals surface area (Å²) in [6.07, 6.45) is 3.92. The van der Waals surface area contributed by atoms with E-state index in [0.29, 0.717) is 6.04 Å². The first-order chi connectivity index (χ1) is 6.39. The van der Waals surface area contributed by atoms with Gasteiger partial charge in [-0.05, 0) is 33.6 Å². The molecule has 0 spiro atoms. The smallest absolute Gasteiger partial charge is 0.115 e. The van der Waals surface area contributed by atoms with E-state index in [1.165, 1.54) is 0 Å². The number of rotatable bonds is 2. The van der Waals surface area contributed by atoms with Gasteiger partial charge in [0.15, 0.2) is 0 Å². The van der Waals surface area contributed by atoms with Crippen molar-refractivity contribution < 1.29 is 4.55 Å². The fraction of sp³-hybridized carbons (Fsp3) is 1.00. The summed E-state index contributed by atoms with van der Waals surface area (Å²) in [5, 5.41) is 0. The van der Waals surface area contributed by atoms with Gasteiger partial charge in [0.1, 0.15) is 6.26 Å². The number of nitrogens with zero attached hydrogens (tertiary/aromatic N) is 1. The number of hydrogen-bond acceptors (Lipinski definition) is 3. The Bertz CT molecular complexity index is 171. The maximum atomic E-state index is 11.0. The Hall–Kier alpha value is 0.230. The Balaban J connectivity index is 2.31. The molecule has 1 aliphatic rings. The fourth-order valence-electron chi connectivity index (χ4n) is 1.90. The predicted octanol–water partition coefficient (Wildman–Crippen LogP) is 1.13. The molecule has 84 valence electrons. The molecule has 1 fully saturated rings. The largest absolute Gasteiger partial charge is 0.598 e. The van der Waals surface area contributed by atoms with E-state index in [-0.39, 0.29) is 5.54 Å². The Morgan fingerprint density at radius 2 is 1.79 bits per heavy atom. The summed E-state index contributed by atoms with van der Waals surface area (Å²) in [6.45, 7) is 8.97. The zero-order chi connectivity index (χ0) is 10.8. The summed E-state index contributed by atoms with van der Waals surface area (Å²) < 4.78 is 14.1. The molecule has 0 aromatic heterocycles. The first-order valence-corrected chi connectivity index (χ1v) is 6.80. The normalized spacial score (nSPS) is 23.8. The number of likely N-dealkylation sites (tertiary alicyclic amines) is 1. The second-order valence-corrected chi connectivity index (χ2v) is 6.15. The van der Waals surface area contributed by atoms with Gasteiger partial charge in [-0.15, -0.1) is 4.72 Å². The van der Waals surface area contributed by atoms with E-state index in [1.807, 2.05) is 0 Å². The van der Waals surface area contributed by atoms with E-state index in [1.54, 1.807) is 6.26 Å². The summed E-state index contributed by atoms with van der Waals surface area (Å²) >= 11 is -0.864. The Morgan fingerprint density at radius 3 is 2.14 bits per heavy atom. The highest BCUT2D eigenvalue weighted by atomic mass is 32.2. The first kappa shape index (κ1) is 12.3. The summed E-state index contributed by atoms with van der Waals surface area (Å²) in [7, 11) is 0. The summed E-state index contributed by atoms with van der Waals surface area (Å²) in [4.78, 5) is 2.49. The molecule has 0 aliphatic carbocycles. The van der Waals surface area contributed by atoms with Crippen LogP contribution in [0.15, 0.2) is 0 Å². The van der Waals surface area contributed by atoms with E-state index in [0.717, 1.165) is 25.9 Å². The van der Waals surface area contributed by atoms with Crippen molar-refractivity contribution in [1.29, 1.82) is 0 Å². The highest BCUT2D eigenvalue weighted by Crippen LogP contribution is 2.20. The molecule has 1 heterocycles. The lowest BCUT2D eigenvalue weighted by atomic mass is 9.99. The zero-order valence-corrected chi connectivity index (χ0v) is 10.5. The lowest BCUT2D eigenvalue weighted by Crippen LogP contribution is -2.50. The Kier molecular flexibility index (Phi) is 4.25. The van der Waals surface area contributed by atoms with Crippen molar-refractivity contribution in [3.05, 3.63) is 0 Å². The molecular weight excluding hydrogens is 196 g/mol. The second kappa shape index (κ2) is 4.84. The molecule has 1 saturated heterocycles. The van der Waals surface area contributed by atoms with E-state index < -0.39 is 11.4 Å². The maximum Gasteiger partial charge on any atom is 0.115 e. The van der Waals surface area contributed by atoms with Crippen LogP contribution in [0.25, 0.3) is 0 Å². The van der Waals surface area contributed by atoms with Crippen molar-refractivity contribution in [2.75, 3.05) is 19.3 Å². The van der Waals surface area contributed by atoms with Gasteiger partial charge in [0.25, 0.3) is 0 Å². The number of hydrogen-bond donors (Lipinski definition) is 1. The van der Waals surface area contributed by atoms with E-state index in [2.05, 4.69) is 30.4 Å². The summed E-state index contributed by atoms with van der Waals surface area (Å²) in [5.41, 5.74) is 0.274. The van der Waals surface area contributed by atoms with Crippen LogP contribution in [0, 0.1) is 0 Å². The highest BCUT2D eigenvalue weighted by Gasteiger charge is 2.27. The quantitative estimate of drug-likeness (QED) is 0.706. The Labute approximate surface area is 90.6 Å². The SMILES string of the molecule is C[S+]([O-])NC1CCN(C(C)(C)C)CC1. The standard InChI is InChI=1S/C10H22N2OS/c1-10(2,3)12-7-5-9(6-8-12)11-14(4)13/h9,11H,5-8H2,1-4H3. The molecule has 0 aromatic carbocycles. The Morgan fingerprint density at radius 1 is 1.29 bits per heavy atom. The fourth-order valence-corrected chi connectivity index (χ4v) is 2.61. The van der Waals surface area contributed by atoms with Gasteiger partial charge >= 0.3 is 0 Å². The second-order valence-electron chi connectivity index (χ2n) is 5.00. The van der Waals surface area contributed by atoms with Gasteiger partial charge in [-0.25, -0.2) is 0 Å². The molecule has 3 nitrogen and oxygen atoms in total. The van der Waals surface area contributed by atoms with Gasteiger partial charge in [-0.2, -0.15) is 0 Å². The van der Waals surface area contributed by atoms with Gasteiger partial charge in [0.2, 0.25) is 0 Å². The third-order valence-corrected chi connectivity index (χ3v) is 3.44. The van der Waals surface area contributed by atoms with E-state index in [4.69, 9.17) is 0 Å². The van der Waals surface area contributed by atoms with Crippen LogP contribution in [0.3, 0.4) is 0 Å². The van der Waals surface area contributed by atoms with Gasteiger partial charge in [-0.1, -0.05) is 0 Å². The van der Waals surface area contributed by atoms with Crippen molar-refractivity contribution in [1.82, 2.24) is 9.62 Å². The van der Waals surface area contributed by atoms with Crippen LogP contribution in [-0.4, -0.2) is 40.4 Å². The van der Waals surface area contributed by atoms with Gasteiger partial charge in [-0.3, -0.25) is 4.90 Å². The van der Waals surface area contributed by atoms with Crippen molar-refractivity contribution in [2.24, 2.45) is 0 Å². The zero-order valence-electron chi connectivity index (χ0n) is 9.67. The summed E-state index contributed by atoms with van der Waals surface area (Å²) in [6, 6.07) is 0.444. The predicted molar refractivity (Wildman–Crippen MR) is 61.6 cm³/mol. The monoisotopic (exact) mass is 218 g/mol. The molecule has 4 heteroatoms. The van der Waals surface area contributed by atoms with E-state index in [9.17, 15) is 4.55 Å². The lowest BCUT2D eigenvalue weighted by molar-refractivity contribution is 0.100. The molecule has 1 rings (SSSR count). The van der Waals surface area contributed by atoms with Crippen LogP contribution >= 0.6 is 0 Å². The van der Waals surface area contributed by atoms with Crippen LogP contribution in [0.5, 0.6) is 0 Å². The molecule has 14 heavy (non-hydrogen) atoms. The lowest BCUT2D eigenvalue weighted by Gasteiger charge is -2.40. The van der Waals surface area contributed by atoms with Crippen molar-refractivity contribution in [3.63, 3.8) is 0 Å². The van der Waals surface area contributed by atoms with Gasteiger partial charge in [0, 0.05) is 30.0 Å². The minimum Gasteiger partial charge on any atom is -0.598 e. The highest BCUT2D eigenvalue weighted by molar-refractivity contribution is 7.88. The van der Waals surface area contributed by atoms with Crippen LogP contribution in [0.1, 0.15) is 33.6 Å². The molecule has 0 amide bonds. The van der Waals surface area contributed by atoms with Gasteiger partial charge in [0.05, 0.1) is 6.04 Å². The van der Waals surface area contributed by atoms with Crippen molar-refractivity contribution in [3.8, 4) is 0 Å². The third-order valence-electron chi connectivity index (χ3n) is 2.78. The van der Waals surface area contributed by atoms with Crippen LogP contribution in [-0.2, 0) is 11.4 Å². The third kappa shape index (κ3) is 3.77. The van der Waals surface area contributed by atoms with Gasteiger partial charge < -0.3 is 4.55 Å².